The van der Waals surface area contributed by atoms with E-state index in [4.69, 9.17) is 18.9 Å². The number of rotatable bonds is 8. The van der Waals surface area contributed by atoms with Crippen molar-refractivity contribution in [1.82, 2.24) is 0 Å². The summed E-state index contributed by atoms with van der Waals surface area (Å²) < 4.78 is 25.2. The topological polar surface area (TPSA) is 36.9 Å². The van der Waals surface area contributed by atoms with Gasteiger partial charge in [-0.25, -0.2) is 0 Å². The van der Waals surface area contributed by atoms with Gasteiger partial charge in [0.2, 0.25) is 0 Å². The van der Waals surface area contributed by atoms with Crippen molar-refractivity contribution in [1.29, 1.82) is 0 Å². The highest BCUT2D eigenvalue weighted by Gasteiger charge is 2.30. The Kier molecular flexibility index (Phi) is 6.72. The Balaban J connectivity index is 1.43. The van der Waals surface area contributed by atoms with Crippen LogP contribution in [0.1, 0.15) is 68.4 Å². The molecule has 0 amide bonds. The maximum absolute atomic E-state index is 6.66. The first-order valence-electron chi connectivity index (χ1n) is 12.7. The molecule has 0 aromatic heterocycles. The highest BCUT2D eigenvalue weighted by atomic mass is 16.5. The molecule has 0 bridgehead atoms. The Hall–Kier alpha value is -3.40. The second-order valence-corrected chi connectivity index (χ2v) is 9.83. The van der Waals surface area contributed by atoms with Crippen LogP contribution in [0, 0.1) is 0 Å². The van der Waals surface area contributed by atoms with Crippen LogP contribution in [0.4, 0.5) is 0 Å². The molecule has 0 saturated heterocycles. The Labute approximate surface area is 208 Å². The quantitative estimate of drug-likeness (QED) is 0.316. The van der Waals surface area contributed by atoms with E-state index >= 15 is 0 Å². The molecule has 182 valence electrons. The van der Waals surface area contributed by atoms with Gasteiger partial charge in [0.05, 0.1) is 12.2 Å². The number of hydrogen-bond donors (Lipinski definition) is 0. The van der Waals surface area contributed by atoms with Gasteiger partial charge < -0.3 is 18.9 Å². The van der Waals surface area contributed by atoms with E-state index in [0.29, 0.717) is 13.2 Å². The van der Waals surface area contributed by atoms with Crippen molar-refractivity contribution in [3.05, 3.63) is 89.0 Å². The molecule has 4 heteroatoms. The van der Waals surface area contributed by atoms with E-state index in [1.807, 2.05) is 30.3 Å². The summed E-state index contributed by atoms with van der Waals surface area (Å²) in [6, 6.07) is 20.6. The first-order chi connectivity index (χ1) is 17.0. The predicted molar refractivity (Wildman–Crippen MR) is 139 cm³/mol. The summed E-state index contributed by atoms with van der Waals surface area (Å²) in [5.41, 5.74) is 4.11. The molecule has 2 aliphatic heterocycles. The number of aryl methyl sites for hydroxylation is 1. The molecule has 1 atom stereocenters. The molecule has 4 nitrogen and oxygen atoms in total. The van der Waals surface area contributed by atoms with Crippen LogP contribution in [-0.2, 0) is 13.0 Å². The van der Waals surface area contributed by atoms with Crippen LogP contribution >= 0.6 is 0 Å². The molecule has 0 aliphatic carbocycles. The Bertz CT molecular complexity index is 1200. The van der Waals surface area contributed by atoms with Crippen molar-refractivity contribution in [2.75, 3.05) is 6.61 Å². The zero-order valence-corrected chi connectivity index (χ0v) is 20.9. The minimum absolute atomic E-state index is 0.104. The van der Waals surface area contributed by atoms with Crippen molar-refractivity contribution in [3.8, 4) is 23.0 Å². The van der Waals surface area contributed by atoms with Gasteiger partial charge in [0.1, 0.15) is 41.3 Å². The van der Waals surface area contributed by atoms with E-state index in [-0.39, 0.29) is 11.7 Å². The molecule has 2 heterocycles. The number of benzene rings is 3. The minimum atomic E-state index is -0.318. The molecule has 0 N–H and O–H groups in total. The van der Waals surface area contributed by atoms with Gasteiger partial charge in [0.25, 0.3) is 0 Å². The molecule has 35 heavy (non-hydrogen) atoms. The van der Waals surface area contributed by atoms with E-state index in [2.05, 4.69) is 63.3 Å². The summed E-state index contributed by atoms with van der Waals surface area (Å²) in [5, 5.41) is 0. The van der Waals surface area contributed by atoms with E-state index in [0.717, 1.165) is 65.4 Å². The average Bonchev–Trinajstić information content (AvgIpc) is 2.87. The van der Waals surface area contributed by atoms with Gasteiger partial charge in [-0.2, -0.15) is 0 Å². The monoisotopic (exact) mass is 470 g/mol. The summed E-state index contributed by atoms with van der Waals surface area (Å²) in [4.78, 5) is 0. The Morgan fingerprint density at radius 2 is 1.86 bits per heavy atom. The molecule has 0 radical (unpaired) electrons. The summed E-state index contributed by atoms with van der Waals surface area (Å²) in [5.74, 6) is 3.44. The van der Waals surface area contributed by atoms with Crippen LogP contribution in [-0.4, -0.2) is 12.2 Å². The number of unbranched alkanes of at least 4 members (excludes halogenated alkanes) is 1. The smallest absolute Gasteiger partial charge is 0.134 e. The third-order valence-electron chi connectivity index (χ3n) is 6.53. The van der Waals surface area contributed by atoms with Crippen molar-refractivity contribution < 1.29 is 18.9 Å². The fraction of sp³-hybridized carbons (Fsp3) is 0.355. The number of ether oxygens (including phenoxy) is 4. The van der Waals surface area contributed by atoms with Gasteiger partial charge in [0, 0.05) is 11.6 Å². The predicted octanol–water partition coefficient (Wildman–Crippen LogP) is 7.70. The molecule has 5 rings (SSSR count). The Morgan fingerprint density at radius 1 is 1.00 bits per heavy atom. The Morgan fingerprint density at radius 3 is 2.69 bits per heavy atom. The van der Waals surface area contributed by atoms with Gasteiger partial charge in [-0.1, -0.05) is 49.7 Å². The van der Waals surface area contributed by atoms with Gasteiger partial charge in [-0.3, -0.25) is 0 Å². The molecule has 2 aliphatic rings. The van der Waals surface area contributed by atoms with Gasteiger partial charge in [-0.05, 0) is 74.6 Å². The molecular weight excluding hydrogens is 436 g/mol. The van der Waals surface area contributed by atoms with Crippen LogP contribution in [0.5, 0.6) is 23.0 Å². The van der Waals surface area contributed by atoms with Crippen molar-refractivity contribution in [2.24, 2.45) is 0 Å². The fourth-order valence-electron chi connectivity index (χ4n) is 4.58. The SMILES string of the molecule is CCCCOc1ccc(C2CCc3ccc4c(c3O2)C=CC(C)(C)O4)c(OCc2ccccc2)c1. The lowest BCUT2D eigenvalue weighted by atomic mass is 9.93. The third-order valence-corrected chi connectivity index (χ3v) is 6.53. The zero-order chi connectivity index (χ0) is 24.3. The minimum Gasteiger partial charge on any atom is -0.493 e. The maximum Gasteiger partial charge on any atom is 0.134 e. The number of fused-ring (bicyclic) bond motifs is 3. The van der Waals surface area contributed by atoms with E-state index in [1.54, 1.807) is 0 Å². The van der Waals surface area contributed by atoms with E-state index in [1.165, 1.54) is 5.56 Å². The molecule has 3 aromatic rings. The van der Waals surface area contributed by atoms with Crippen molar-refractivity contribution in [2.45, 2.75) is 64.8 Å². The van der Waals surface area contributed by atoms with Crippen LogP contribution < -0.4 is 18.9 Å². The third kappa shape index (κ3) is 5.32. The van der Waals surface area contributed by atoms with Crippen molar-refractivity contribution in [3.63, 3.8) is 0 Å². The molecular formula is C31H34O4. The van der Waals surface area contributed by atoms with Crippen molar-refractivity contribution >= 4 is 6.08 Å². The summed E-state index contributed by atoms with van der Waals surface area (Å²) in [6.45, 7) is 7.50. The second-order valence-electron chi connectivity index (χ2n) is 9.83. The lowest BCUT2D eigenvalue weighted by Crippen LogP contribution is -2.28. The molecule has 1 unspecified atom stereocenters. The average molecular weight is 471 g/mol. The molecule has 3 aromatic carbocycles. The summed E-state index contributed by atoms with van der Waals surface area (Å²) >= 11 is 0. The normalized spacial score (nSPS) is 17.5. The van der Waals surface area contributed by atoms with E-state index in [9.17, 15) is 0 Å². The van der Waals surface area contributed by atoms with Gasteiger partial charge >= 0.3 is 0 Å². The standard InChI is InChI=1S/C31H34O4/c1-4-5-19-32-24-13-14-25(29(20-24)33-21-22-9-7-6-8-10-22)27-15-11-23-12-16-28-26(30(23)34-27)17-18-31(2,3)35-28/h6-10,12-14,16-18,20,27H,4-5,11,15,19,21H2,1-3H3. The summed E-state index contributed by atoms with van der Waals surface area (Å²) in [6.07, 6.45) is 8.09. The van der Waals surface area contributed by atoms with Crippen LogP contribution in [0.15, 0.2) is 66.7 Å². The van der Waals surface area contributed by atoms with Crippen LogP contribution in [0.3, 0.4) is 0 Å². The highest BCUT2D eigenvalue weighted by Crippen LogP contribution is 2.46. The van der Waals surface area contributed by atoms with Gasteiger partial charge in [-0.15, -0.1) is 0 Å². The lowest BCUT2D eigenvalue weighted by molar-refractivity contribution is 0.149. The highest BCUT2D eigenvalue weighted by molar-refractivity contribution is 5.69. The lowest BCUT2D eigenvalue weighted by Gasteiger charge is -2.33. The van der Waals surface area contributed by atoms with Gasteiger partial charge in [0.15, 0.2) is 0 Å². The van der Waals surface area contributed by atoms with E-state index < -0.39 is 0 Å². The fourth-order valence-corrected chi connectivity index (χ4v) is 4.58. The largest absolute Gasteiger partial charge is 0.493 e. The number of hydrogen-bond acceptors (Lipinski definition) is 4. The summed E-state index contributed by atoms with van der Waals surface area (Å²) in [7, 11) is 0. The molecule has 0 spiro atoms. The zero-order valence-electron chi connectivity index (χ0n) is 20.9. The van der Waals surface area contributed by atoms with Crippen LogP contribution in [0.25, 0.3) is 6.08 Å². The second kappa shape index (κ2) is 10.1. The maximum atomic E-state index is 6.66. The first-order valence-corrected chi connectivity index (χ1v) is 12.7. The van der Waals surface area contributed by atoms with Crippen LogP contribution in [0.2, 0.25) is 0 Å². The molecule has 0 fully saturated rings. The first kappa shape index (κ1) is 23.3. The molecule has 0 saturated carbocycles.